The van der Waals surface area contributed by atoms with Crippen LogP contribution in [-0.4, -0.2) is 12.5 Å². The Balaban J connectivity index is 1.74. The Hall–Kier alpha value is -2.33. The van der Waals surface area contributed by atoms with Gasteiger partial charge < -0.3 is 15.8 Å². The van der Waals surface area contributed by atoms with Crippen molar-refractivity contribution in [1.82, 2.24) is 5.32 Å². The molecule has 0 aromatic heterocycles. The van der Waals surface area contributed by atoms with Crippen LogP contribution in [0.3, 0.4) is 0 Å². The van der Waals surface area contributed by atoms with Gasteiger partial charge in [0.15, 0.2) is 6.61 Å². The summed E-state index contributed by atoms with van der Waals surface area (Å²) in [5.74, 6) is 0.522. The molecule has 2 rings (SSSR count). The minimum Gasteiger partial charge on any atom is -0.484 e. The summed E-state index contributed by atoms with van der Waals surface area (Å²) < 4.78 is 5.40. The van der Waals surface area contributed by atoms with Gasteiger partial charge in [-0.1, -0.05) is 42.5 Å². The highest BCUT2D eigenvalue weighted by Crippen LogP contribution is 2.11. The third-order valence-corrected chi connectivity index (χ3v) is 2.86. The van der Waals surface area contributed by atoms with Crippen LogP contribution in [0.15, 0.2) is 54.6 Å². The fraction of sp³-hybridized carbons (Fsp3) is 0.188. The lowest BCUT2D eigenvalue weighted by atomic mass is 10.2. The van der Waals surface area contributed by atoms with Gasteiger partial charge in [0.25, 0.3) is 5.91 Å². The molecule has 2 aromatic carbocycles. The number of benzene rings is 2. The van der Waals surface area contributed by atoms with E-state index in [1.165, 1.54) is 0 Å². The fourth-order valence-electron chi connectivity index (χ4n) is 1.72. The zero-order valence-electron chi connectivity index (χ0n) is 11.2. The van der Waals surface area contributed by atoms with E-state index < -0.39 is 0 Å². The second kappa shape index (κ2) is 7.31. The molecule has 0 atom stereocenters. The number of nitrogens with two attached hydrogens (primary N) is 1. The summed E-state index contributed by atoms with van der Waals surface area (Å²) in [7, 11) is 0. The van der Waals surface area contributed by atoms with Gasteiger partial charge in [-0.2, -0.15) is 0 Å². The molecular weight excluding hydrogens is 252 g/mol. The fourth-order valence-corrected chi connectivity index (χ4v) is 1.72. The number of hydrogen-bond donors (Lipinski definition) is 2. The van der Waals surface area contributed by atoms with Crippen molar-refractivity contribution in [1.29, 1.82) is 0 Å². The highest BCUT2D eigenvalue weighted by atomic mass is 16.5. The van der Waals surface area contributed by atoms with Gasteiger partial charge in [0.05, 0.1) is 0 Å². The molecule has 1 amide bonds. The van der Waals surface area contributed by atoms with Gasteiger partial charge in [0.2, 0.25) is 0 Å². The summed E-state index contributed by atoms with van der Waals surface area (Å²) in [5, 5.41) is 2.81. The molecule has 0 aliphatic carbocycles. The molecule has 0 aliphatic heterocycles. The molecule has 4 heteroatoms. The van der Waals surface area contributed by atoms with Crippen LogP contribution in [0.2, 0.25) is 0 Å². The minimum atomic E-state index is -0.142. The van der Waals surface area contributed by atoms with Crippen molar-refractivity contribution in [2.75, 3.05) is 6.61 Å². The zero-order valence-corrected chi connectivity index (χ0v) is 11.2. The van der Waals surface area contributed by atoms with E-state index >= 15 is 0 Å². The molecule has 4 nitrogen and oxygen atoms in total. The van der Waals surface area contributed by atoms with Crippen molar-refractivity contribution < 1.29 is 9.53 Å². The summed E-state index contributed by atoms with van der Waals surface area (Å²) in [6.45, 7) is 1.02. The molecule has 3 N–H and O–H groups in total. The number of carbonyl (C=O) groups excluding carboxylic acids is 1. The molecule has 0 saturated heterocycles. The van der Waals surface area contributed by atoms with Gasteiger partial charge in [-0.25, -0.2) is 0 Å². The maximum absolute atomic E-state index is 11.7. The average molecular weight is 270 g/mol. The molecule has 0 spiro atoms. The highest BCUT2D eigenvalue weighted by molar-refractivity contribution is 5.77. The van der Waals surface area contributed by atoms with Crippen molar-refractivity contribution in [3.8, 4) is 5.75 Å². The minimum absolute atomic E-state index is 0.00874. The molecule has 0 bridgehead atoms. The van der Waals surface area contributed by atoms with E-state index in [2.05, 4.69) is 5.32 Å². The van der Waals surface area contributed by atoms with Gasteiger partial charge in [-0.3, -0.25) is 4.79 Å². The Morgan fingerprint density at radius 3 is 2.35 bits per heavy atom. The standard InChI is InChI=1S/C16H18N2O2/c17-10-13-6-8-15(9-7-13)20-12-16(19)18-11-14-4-2-1-3-5-14/h1-9H,10-12,17H2,(H,18,19). The predicted molar refractivity (Wildman–Crippen MR) is 78.1 cm³/mol. The van der Waals surface area contributed by atoms with Crippen LogP contribution in [0.25, 0.3) is 0 Å². The second-order valence-corrected chi connectivity index (χ2v) is 4.40. The van der Waals surface area contributed by atoms with E-state index in [1.807, 2.05) is 54.6 Å². The van der Waals surface area contributed by atoms with E-state index in [-0.39, 0.29) is 12.5 Å². The van der Waals surface area contributed by atoms with Crippen LogP contribution in [0.5, 0.6) is 5.75 Å². The molecule has 104 valence electrons. The van der Waals surface area contributed by atoms with Crippen molar-refractivity contribution in [3.63, 3.8) is 0 Å². The third kappa shape index (κ3) is 4.40. The maximum Gasteiger partial charge on any atom is 0.258 e. The van der Waals surface area contributed by atoms with Gasteiger partial charge in [-0.05, 0) is 23.3 Å². The summed E-state index contributed by atoms with van der Waals surface area (Å²) in [5.41, 5.74) is 7.61. The number of amides is 1. The molecule has 0 heterocycles. The van der Waals surface area contributed by atoms with Crippen LogP contribution in [0, 0.1) is 0 Å². The Bertz CT molecular complexity index is 538. The van der Waals surface area contributed by atoms with E-state index in [4.69, 9.17) is 10.5 Å². The summed E-state index contributed by atoms with van der Waals surface area (Å²) >= 11 is 0. The lowest BCUT2D eigenvalue weighted by Gasteiger charge is -2.08. The monoisotopic (exact) mass is 270 g/mol. The maximum atomic E-state index is 11.7. The summed E-state index contributed by atoms with van der Waals surface area (Å²) in [4.78, 5) is 11.7. The molecule has 0 saturated carbocycles. The number of hydrogen-bond acceptors (Lipinski definition) is 3. The highest BCUT2D eigenvalue weighted by Gasteiger charge is 2.02. The molecule has 0 unspecified atom stereocenters. The van der Waals surface area contributed by atoms with Crippen molar-refractivity contribution in [2.45, 2.75) is 13.1 Å². The number of rotatable bonds is 6. The smallest absolute Gasteiger partial charge is 0.258 e. The second-order valence-electron chi connectivity index (χ2n) is 4.40. The molecule has 2 aromatic rings. The number of nitrogens with one attached hydrogen (secondary N) is 1. The first-order chi connectivity index (χ1) is 9.78. The molecule has 0 fully saturated rings. The van der Waals surface area contributed by atoms with Gasteiger partial charge >= 0.3 is 0 Å². The van der Waals surface area contributed by atoms with Crippen LogP contribution in [0.4, 0.5) is 0 Å². The average Bonchev–Trinajstić information content (AvgIpc) is 2.52. The summed E-state index contributed by atoms with van der Waals surface area (Å²) in [6, 6.07) is 17.2. The van der Waals surface area contributed by atoms with E-state index in [1.54, 1.807) is 0 Å². The van der Waals surface area contributed by atoms with E-state index in [0.29, 0.717) is 18.8 Å². The first-order valence-corrected chi connectivity index (χ1v) is 6.50. The van der Waals surface area contributed by atoms with E-state index in [9.17, 15) is 4.79 Å². The largest absolute Gasteiger partial charge is 0.484 e. The molecular formula is C16H18N2O2. The van der Waals surface area contributed by atoms with Crippen molar-refractivity contribution in [3.05, 3.63) is 65.7 Å². The normalized spacial score (nSPS) is 10.1. The molecule has 20 heavy (non-hydrogen) atoms. The Kier molecular flexibility index (Phi) is 5.15. The SMILES string of the molecule is NCc1ccc(OCC(=O)NCc2ccccc2)cc1. The van der Waals surface area contributed by atoms with Crippen LogP contribution in [0.1, 0.15) is 11.1 Å². The predicted octanol–water partition coefficient (Wildman–Crippen LogP) is 1.84. The lowest BCUT2D eigenvalue weighted by Crippen LogP contribution is -2.28. The Morgan fingerprint density at radius 2 is 1.70 bits per heavy atom. The van der Waals surface area contributed by atoms with Crippen LogP contribution >= 0.6 is 0 Å². The van der Waals surface area contributed by atoms with Gasteiger partial charge in [0.1, 0.15) is 5.75 Å². The van der Waals surface area contributed by atoms with E-state index in [0.717, 1.165) is 11.1 Å². The Labute approximate surface area is 118 Å². The van der Waals surface area contributed by atoms with Crippen molar-refractivity contribution in [2.24, 2.45) is 5.73 Å². The topological polar surface area (TPSA) is 64.3 Å². The van der Waals surface area contributed by atoms with Gasteiger partial charge in [-0.15, -0.1) is 0 Å². The molecule has 0 radical (unpaired) electrons. The van der Waals surface area contributed by atoms with Gasteiger partial charge in [0, 0.05) is 13.1 Å². The quantitative estimate of drug-likeness (QED) is 0.842. The Morgan fingerprint density at radius 1 is 1.00 bits per heavy atom. The molecule has 0 aliphatic rings. The summed E-state index contributed by atoms with van der Waals surface area (Å²) in [6.07, 6.45) is 0. The third-order valence-electron chi connectivity index (χ3n) is 2.86. The van der Waals surface area contributed by atoms with Crippen molar-refractivity contribution >= 4 is 5.91 Å². The first kappa shape index (κ1) is 14.1. The number of ether oxygens (including phenoxy) is 1. The van der Waals surface area contributed by atoms with Crippen LogP contribution in [-0.2, 0) is 17.9 Å². The number of carbonyl (C=O) groups is 1. The van der Waals surface area contributed by atoms with Crippen LogP contribution < -0.4 is 15.8 Å². The first-order valence-electron chi connectivity index (χ1n) is 6.50. The zero-order chi connectivity index (χ0) is 14.2. The lowest BCUT2D eigenvalue weighted by molar-refractivity contribution is -0.123.